The molecule has 0 aliphatic carbocycles. The Labute approximate surface area is 127 Å². The summed E-state index contributed by atoms with van der Waals surface area (Å²) < 4.78 is 2.10. The first-order valence-electron chi connectivity index (χ1n) is 7.82. The number of aromatic nitrogens is 3. The molecule has 0 aliphatic rings. The van der Waals surface area contributed by atoms with E-state index >= 15 is 0 Å². The van der Waals surface area contributed by atoms with Crippen LogP contribution >= 0.6 is 0 Å². The van der Waals surface area contributed by atoms with Crippen LogP contribution < -0.4 is 5.32 Å². The van der Waals surface area contributed by atoms with E-state index in [-0.39, 0.29) is 0 Å². The molecule has 0 saturated heterocycles. The van der Waals surface area contributed by atoms with Crippen LogP contribution in [0, 0.1) is 13.8 Å². The summed E-state index contributed by atoms with van der Waals surface area (Å²) >= 11 is 0. The largest absolute Gasteiger partial charge is 0.310 e. The number of pyridine rings is 1. The van der Waals surface area contributed by atoms with Gasteiger partial charge in [0.15, 0.2) is 0 Å². The van der Waals surface area contributed by atoms with E-state index in [4.69, 9.17) is 0 Å². The molecule has 2 heterocycles. The number of rotatable bonds is 7. The predicted molar refractivity (Wildman–Crippen MR) is 86.4 cm³/mol. The number of nitrogens with one attached hydrogen (secondary N) is 1. The van der Waals surface area contributed by atoms with Gasteiger partial charge in [0.05, 0.1) is 5.69 Å². The number of aryl methyl sites for hydroxylation is 3. The van der Waals surface area contributed by atoms with Gasteiger partial charge in [0.25, 0.3) is 0 Å². The van der Waals surface area contributed by atoms with Crippen molar-refractivity contribution >= 4 is 0 Å². The first kappa shape index (κ1) is 15.7. The lowest BCUT2D eigenvalue weighted by Crippen LogP contribution is -2.26. The van der Waals surface area contributed by atoms with Gasteiger partial charge in [0.1, 0.15) is 0 Å². The second-order valence-corrected chi connectivity index (χ2v) is 5.54. The van der Waals surface area contributed by atoms with Crippen molar-refractivity contribution in [2.45, 2.75) is 53.1 Å². The minimum Gasteiger partial charge on any atom is -0.310 e. The summed E-state index contributed by atoms with van der Waals surface area (Å²) in [4.78, 5) is 4.30. The molecule has 0 amide bonds. The Kier molecular flexibility index (Phi) is 5.51. The summed E-state index contributed by atoms with van der Waals surface area (Å²) in [6.07, 6.45) is 5.92. The van der Waals surface area contributed by atoms with Crippen molar-refractivity contribution < 1.29 is 0 Å². The lowest BCUT2D eigenvalue weighted by Gasteiger charge is -2.21. The lowest BCUT2D eigenvalue weighted by atomic mass is 9.99. The first-order chi connectivity index (χ1) is 10.2. The first-order valence-corrected chi connectivity index (χ1v) is 7.82. The van der Waals surface area contributed by atoms with Gasteiger partial charge in [-0.2, -0.15) is 5.10 Å². The van der Waals surface area contributed by atoms with Crippen molar-refractivity contribution in [1.29, 1.82) is 0 Å². The van der Waals surface area contributed by atoms with Gasteiger partial charge >= 0.3 is 0 Å². The van der Waals surface area contributed by atoms with Crippen LogP contribution in [-0.4, -0.2) is 21.3 Å². The Morgan fingerprint density at radius 3 is 2.76 bits per heavy atom. The molecule has 0 saturated carbocycles. The number of hydrogen-bond acceptors (Lipinski definition) is 3. The zero-order valence-electron chi connectivity index (χ0n) is 13.6. The monoisotopic (exact) mass is 286 g/mol. The van der Waals surface area contributed by atoms with E-state index in [1.807, 2.05) is 12.4 Å². The van der Waals surface area contributed by atoms with Crippen molar-refractivity contribution in [3.63, 3.8) is 0 Å². The van der Waals surface area contributed by atoms with E-state index in [0.717, 1.165) is 31.6 Å². The fourth-order valence-electron chi connectivity index (χ4n) is 2.70. The van der Waals surface area contributed by atoms with Gasteiger partial charge in [-0.1, -0.05) is 6.92 Å². The van der Waals surface area contributed by atoms with Gasteiger partial charge in [-0.25, -0.2) is 0 Å². The number of nitrogens with zero attached hydrogens (tertiary/aromatic N) is 3. The molecule has 1 N–H and O–H groups in total. The van der Waals surface area contributed by atoms with E-state index in [0.29, 0.717) is 6.04 Å². The van der Waals surface area contributed by atoms with Crippen molar-refractivity contribution in [2.24, 2.45) is 0 Å². The molecule has 4 heteroatoms. The third-order valence-corrected chi connectivity index (χ3v) is 3.79. The molecule has 2 aromatic rings. The predicted octanol–water partition coefficient (Wildman–Crippen LogP) is 3.20. The van der Waals surface area contributed by atoms with Gasteiger partial charge in [0.2, 0.25) is 0 Å². The van der Waals surface area contributed by atoms with Gasteiger partial charge in [0, 0.05) is 37.1 Å². The van der Waals surface area contributed by atoms with Crippen molar-refractivity contribution in [2.75, 3.05) is 6.54 Å². The van der Waals surface area contributed by atoms with Crippen LogP contribution in [-0.2, 0) is 13.0 Å². The van der Waals surface area contributed by atoms with E-state index in [2.05, 4.69) is 59.9 Å². The molecule has 21 heavy (non-hydrogen) atoms. The summed E-state index contributed by atoms with van der Waals surface area (Å²) in [6, 6.07) is 4.56. The molecule has 1 atom stereocenters. The second kappa shape index (κ2) is 7.36. The Morgan fingerprint density at radius 2 is 2.10 bits per heavy atom. The minimum atomic E-state index is 0.292. The van der Waals surface area contributed by atoms with Crippen LogP contribution in [0.2, 0.25) is 0 Å². The Morgan fingerprint density at radius 1 is 1.29 bits per heavy atom. The quantitative estimate of drug-likeness (QED) is 0.850. The van der Waals surface area contributed by atoms with Crippen molar-refractivity contribution in [1.82, 2.24) is 20.1 Å². The third-order valence-electron chi connectivity index (χ3n) is 3.79. The maximum atomic E-state index is 4.55. The highest BCUT2D eigenvalue weighted by Crippen LogP contribution is 2.21. The molecule has 0 aliphatic heterocycles. The summed E-state index contributed by atoms with van der Waals surface area (Å²) in [5, 5.41) is 8.21. The van der Waals surface area contributed by atoms with Gasteiger partial charge in [-0.15, -0.1) is 0 Å². The molecule has 0 radical (unpaired) electrons. The Bertz CT molecular complexity index is 574. The second-order valence-electron chi connectivity index (χ2n) is 5.54. The van der Waals surface area contributed by atoms with Crippen LogP contribution in [0.25, 0.3) is 0 Å². The zero-order chi connectivity index (χ0) is 15.2. The van der Waals surface area contributed by atoms with Crippen LogP contribution in [0.1, 0.15) is 48.8 Å². The highest BCUT2D eigenvalue weighted by Gasteiger charge is 2.16. The van der Waals surface area contributed by atoms with Crippen LogP contribution in [0.15, 0.2) is 24.5 Å². The molecule has 0 fully saturated rings. The van der Waals surface area contributed by atoms with Crippen LogP contribution in [0.4, 0.5) is 0 Å². The lowest BCUT2D eigenvalue weighted by molar-refractivity contribution is 0.500. The molecule has 2 aromatic heterocycles. The van der Waals surface area contributed by atoms with E-state index in [1.54, 1.807) is 0 Å². The molecule has 4 nitrogen and oxygen atoms in total. The molecule has 0 aromatic carbocycles. The number of hydrogen-bond donors (Lipinski definition) is 1. The molecule has 1 unspecified atom stereocenters. The molecule has 0 spiro atoms. The molecule has 114 valence electrons. The van der Waals surface area contributed by atoms with E-state index in [1.165, 1.54) is 16.8 Å². The zero-order valence-corrected chi connectivity index (χ0v) is 13.6. The van der Waals surface area contributed by atoms with Gasteiger partial charge in [-0.05, 0) is 57.0 Å². The normalized spacial score (nSPS) is 12.6. The average Bonchev–Trinajstić information content (AvgIpc) is 2.84. The standard InChI is InChI=1S/C17H26N4/c1-5-8-19-17(16-12-18-9-7-13(16)3)11-15-10-14(4)20-21(15)6-2/h7,9-10,12,17,19H,5-6,8,11H2,1-4H3. The average molecular weight is 286 g/mol. The van der Waals surface area contributed by atoms with Gasteiger partial charge < -0.3 is 5.32 Å². The highest BCUT2D eigenvalue weighted by atomic mass is 15.3. The van der Waals surface area contributed by atoms with E-state index < -0.39 is 0 Å². The molecular formula is C17H26N4. The summed E-state index contributed by atoms with van der Waals surface area (Å²) in [7, 11) is 0. The summed E-state index contributed by atoms with van der Waals surface area (Å²) in [6.45, 7) is 10.5. The maximum absolute atomic E-state index is 4.55. The molecule has 0 bridgehead atoms. The topological polar surface area (TPSA) is 42.7 Å². The highest BCUT2D eigenvalue weighted by molar-refractivity contribution is 5.27. The van der Waals surface area contributed by atoms with E-state index in [9.17, 15) is 0 Å². The fourth-order valence-corrected chi connectivity index (χ4v) is 2.70. The van der Waals surface area contributed by atoms with Gasteiger partial charge in [-0.3, -0.25) is 9.67 Å². The SMILES string of the molecule is CCCNC(Cc1cc(C)nn1CC)c1cnccc1C. The smallest absolute Gasteiger partial charge is 0.0596 e. The Balaban J connectivity index is 2.26. The summed E-state index contributed by atoms with van der Waals surface area (Å²) in [5.74, 6) is 0. The molecule has 2 rings (SSSR count). The third kappa shape index (κ3) is 3.91. The van der Waals surface area contributed by atoms with Crippen LogP contribution in [0.3, 0.4) is 0 Å². The minimum absolute atomic E-state index is 0.292. The molecular weight excluding hydrogens is 260 g/mol. The van der Waals surface area contributed by atoms with Crippen molar-refractivity contribution in [3.8, 4) is 0 Å². The fraction of sp³-hybridized carbons (Fsp3) is 0.529. The van der Waals surface area contributed by atoms with Crippen molar-refractivity contribution in [3.05, 3.63) is 47.0 Å². The van der Waals surface area contributed by atoms with Crippen LogP contribution in [0.5, 0.6) is 0 Å². The Hall–Kier alpha value is -1.68. The summed E-state index contributed by atoms with van der Waals surface area (Å²) in [5.41, 5.74) is 4.95. The maximum Gasteiger partial charge on any atom is 0.0596 e.